The number of benzene rings is 1. The maximum Gasteiger partial charge on any atom is 0.277 e. The van der Waals surface area contributed by atoms with Crippen LogP contribution in [0.15, 0.2) is 18.2 Å². The lowest BCUT2D eigenvalue weighted by Crippen LogP contribution is -2.13. The largest absolute Gasteiger partial charge is 0.506 e. The number of nitrogens with one attached hydrogen (secondary N) is 1. The van der Waals surface area contributed by atoms with Gasteiger partial charge in [-0.25, -0.2) is 0 Å². The topological polar surface area (TPSA) is 67.2 Å². The zero-order valence-corrected chi connectivity index (χ0v) is 11.7. The van der Waals surface area contributed by atoms with Gasteiger partial charge in [0.15, 0.2) is 5.69 Å². The van der Waals surface area contributed by atoms with E-state index in [2.05, 4.69) is 10.4 Å². The molecule has 1 amide bonds. The molecule has 0 aliphatic carbocycles. The molecule has 0 saturated carbocycles. The highest BCUT2D eigenvalue weighted by Crippen LogP contribution is 2.28. The van der Waals surface area contributed by atoms with E-state index in [1.54, 1.807) is 14.0 Å². The van der Waals surface area contributed by atoms with Crippen LogP contribution in [0.1, 0.15) is 16.2 Å². The van der Waals surface area contributed by atoms with Gasteiger partial charge in [0.1, 0.15) is 5.75 Å². The van der Waals surface area contributed by atoms with E-state index in [1.165, 1.54) is 22.9 Å². The Bertz CT molecular complexity index is 653. The number of carbonyl (C=O) groups is 1. The molecule has 0 aliphatic rings. The smallest absolute Gasteiger partial charge is 0.277 e. The van der Waals surface area contributed by atoms with Gasteiger partial charge in [-0.3, -0.25) is 9.48 Å². The summed E-state index contributed by atoms with van der Waals surface area (Å²) in [5.74, 6) is -0.590. The van der Waals surface area contributed by atoms with Crippen molar-refractivity contribution >= 4 is 34.8 Å². The Morgan fingerprint density at radius 3 is 2.68 bits per heavy atom. The molecule has 0 unspecified atom stereocenters. The van der Waals surface area contributed by atoms with Crippen molar-refractivity contribution in [3.05, 3.63) is 39.6 Å². The molecule has 0 bridgehead atoms. The molecule has 0 atom stereocenters. The summed E-state index contributed by atoms with van der Waals surface area (Å²) >= 11 is 11.8. The van der Waals surface area contributed by atoms with Crippen LogP contribution in [0.2, 0.25) is 10.0 Å². The molecule has 7 heteroatoms. The zero-order chi connectivity index (χ0) is 14.2. The standard InChI is InChI=1S/C12H11Cl2N3O2/c1-6-10(14)11(16-17(6)2)12(19)15-8-5-7(13)3-4-9(8)18/h3-5,18H,1-2H3,(H,15,19). The third-order valence-electron chi connectivity index (χ3n) is 2.68. The van der Waals surface area contributed by atoms with E-state index in [9.17, 15) is 9.90 Å². The van der Waals surface area contributed by atoms with Gasteiger partial charge in [0.25, 0.3) is 5.91 Å². The average Bonchev–Trinajstić information content (AvgIpc) is 2.62. The highest BCUT2D eigenvalue weighted by molar-refractivity contribution is 6.35. The van der Waals surface area contributed by atoms with Crippen LogP contribution in [0, 0.1) is 6.92 Å². The summed E-state index contributed by atoms with van der Waals surface area (Å²) in [5, 5.41) is 16.8. The molecule has 0 spiro atoms. The molecule has 2 aromatic rings. The third-order valence-corrected chi connectivity index (χ3v) is 3.37. The molecule has 5 nitrogen and oxygen atoms in total. The number of halogens is 2. The van der Waals surface area contributed by atoms with Gasteiger partial charge in [0.05, 0.1) is 16.4 Å². The fourth-order valence-electron chi connectivity index (χ4n) is 1.52. The number of carbonyl (C=O) groups excluding carboxylic acids is 1. The van der Waals surface area contributed by atoms with Gasteiger partial charge in [-0.05, 0) is 25.1 Å². The van der Waals surface area contributed by atoms with Gasteiger partial charge in [-0.1, -0.05) is 23.2 Å². The maximum atomic E-state index is 12.0. The molecule has 1 aromatic heterocycles. The van der Waals surface area contributed by atoms with Crippen LogP contribution in [0.4, 0.5) is 5.69 Å². The Kier molecular flexibility index (Phi) is 3.68. The van der Waals surface area contributed by atoms with E-state index in [0.29, 0.717) is 10.7 Å². The van der Waals surface area contributed by atoms with Gasteiger partial charge >= 0.3 is 0 Å². The SMILES string of the molecule is Cc1c(Cl)c(C(=O)Nc2cc(Cl)ccc2O)nn1C. The molecule has 19 heavy (non-hydrogen) atoms. The minimum atomic E-state index is -0.508. The second kappa shape index (κ2) is 5.11. The Balaban J connectivity index is 2.30. The third kappa shape index (κ3) is 2.67. The summed E-state index contributed by atoms with van der Waals surface area (Å²) in [5.41, 5.74) is 0.986. The van der Waals surface area contributed by atoms with E-state index in [-0.39, 0.29) is 22.2 Å². The average molecular weight is 300 g/mol. The first-order chi connectivity index (χ1) is 8.90. The first-order valence-electron chi connectivity index (χ1n) is 5.39. The Morgan fingerprint density at radius 1 is 1.42 bits per heavy atom. The second-order valence-corrected chi connectivity index (χ2v) is 4.80. The molecular weight excluding hydrogens is 289 g/mol. The van der Waals surface area contributed by atoms with E-state index >= 15 is 0 Å². The normalized spacial score (nSPS) is 10.5. The lowest BCUT2D eigenvalue weighted by Gasteiger charge is -2.06. The predicted molar refractivity (Wildman–Crippen MR) is 74.0 cm³/mol. The fourth-order valence-corrected chi connectivity index (χ4v) is 1.94. The minimum absolute atomic E-state index is 0.0819. The van der Waals surface area contributed by atoms with Crippen LogP contribution >= 0.6 is 23.2 Å². The van der Waals surface area contributed by atoms with Gasteiger partial charge in [-0.15, -0.1) is 0 Å². The van der Waals surface area contributed by atoms with Crippen molar-refractivity contribution in [1.82, 2.24) is 9.78 Å². The molecule has 2 N–H and O–H groups in total. The number of aryl methyl sites for hydroxylation is 1. The second-order valence-electron chi connectivity index (χ2n) is 3.99. The molecule has 2 rings (SSSR count). The van der Waals surface area contributed by atoms with Crippen LogP contribution in [0.25, 0.3) is 0 Å². The summed E-state index contributed by atoms with van der Waals surface area (Å²) in [6, 6.07) is 4.35. The number of hydrogen-bond acceptors (Lipinski definition) is 3. The van der Waals surface area contributed by atoms with Crippen LogP contribution in [0.3, 0.4) is 0 Å². The number of aromatic nitrogens is 2. The lowest BCUT2D eigenvalue weighted by atomic mass is 10.2. The van der Waals surface area contributed by atoms with Crippen LogP contribution in [-0.4, -0.2) is 20.8 Å². The van der Waals surface area contributed by atoms with E-state index in [4.69, 9.17) is 23.2 Å². The Hall–Kier alpha value is -1.72. The van der Waals surface area contributed by atoms with Crippen LogP contribution in [-0.2, 0) is 7.05 Å². The molecule has 1 aromatic carbocycles. The van der Waals surface area contributed by atoms with Crippen molar-refractivity contribution in [1.29, 1.82) is 0 Å². The summed E-state index contributed by atoms with van der Waals surface area (Å²) in [4.78, 5) is 12.0. The molecule has 0 radical (unpaired) electrons. The first-order valence-corrected chi connectivity index (χ1v) is 6.14. The first kappa shape index (κ1) is 13.7. The molecule has 100 valence electrons. The number of phenols is 1. The quantitative estimate of drug-likeness (QED) is 0.838. The monoisotopic (exact) mass is 299 g/mol. The molecular formula is C12H11Cl2N3O2. The maximum absolute atomic E-state index is 12.0. The Labute approximate surface area is 119 Å². The highest BCUT2D eigenvalue weighted by atomic mass is 35.5. The predicted octanol–water partition coefficient (Wildman–Crippen LogP) is 2.99. The van der Waals surface area contributed by atoms with Gasteiger partial charge in [-0.2, -0.15) is 5.10 Å². The van der Waals surface area contributed by atoms with Crippen LogP contribution in [0.5, 0.6) is 5.75 Å². The van der Waals surface area contributed by atoms with Crippen molar-refractivity contribution in [3.8, 4) is 5.75 Å². The summed E-state index contributed by atoms with van der Waals surface area (Å²) < 4.78 is 1.51. The van der Waals surface area contributed by atoms with Crippen molar-refractivity contribution in [2.24, 2.45) is 7.05 Å². The zero-order valence-electron chi connectivity index (χ0n) is 10.2. The van der Waals surface area contributed by atoms with E-state index in [0.717, 1.165) is 0 Å². The van der Waals surface area contributed by atoms with Crippen molar-refractivity contribution in [2.75, 3.05) is 5.32 Å². The lowest BCUT2D eigenvalue weighted by molar-refractivity contribution is 0.102. The number of nitrogens with zero attached hydrogens (tertiary/aromatic N) is 2. The summed E-state index contributed by atoms with van der Waals surface area (Å²) in [6.45, 7) is 1.75. The molecule has 0 aliphatic heterocycles. The van der Waals surface area contributed by atoms with Crippen molar-refractivity contribution < 1.29 is 9.90 Å². The number of aromatic hydroxyl groups is 1. The van der Waals surface area contributed by atoms with Gasteiger partial charge < -0.3 is 10.4 Å². The molecule has 1 heterocycles. The number of amides is 1. The fraction of sp³-hybridized carbons (Fsp3) is 0.167. The summed E-state index contributed by atoms with van der Waals surface area (Å²) in [7, 11) is 1.69. The minimum Gasteiger partial charge on any atom is -0.506 e. The number of phenolic OH excluding ortho intramolecular Hbond substituents is 1. The number of anilines is 1. The van der Waals surface area contributed by atoms with Gasteiger partial charge in [0.2, 0.25) is 0 Å². The molecule has 0 fully saturated rings. The van der Waals surface area contributed by atoms with E-state index in [1.807, 2.05) is 0 Å². The molecule has 0 saturated heterocycles. The number of rotatable bonds is 2. The van der Waals surface area contributed by atoms with E-state index < -0.39 is 5.91 Å². The van der Waals surface area contributed by atoms with Gasteiger partial charge in [0, 0.05) is 12.1 Å². The van der Waals surface area contributed by atoms with Crippen molar-refractivity contribution in [3.63, 3.8) is 0 Å². The summed E-state index contributed by atoms with van der Waals surface area (Å²) in [6.07, 6.45) is 0. The van der Waals surface area contributed by atoms with Crippen molar-refractivity contribution in [2.45, 2.75) is 6.92 Å². The van der Waals surface area contributed by atoms with Crippen LogP contribution < -0.4 is 5.32 Å². The highest BCUT2D eigenvalue weighted by Gasteiger charge is 2.19. The number of hydrogen-bond donors (Lipinski definition) is 2. The Morgan fingerprint density at radius 2 is 2.11 bits per heavy atom.